The SMILES string of the molecule is Cc1ccc(C(CN2CCNCC2)N2CCCC2)c(C)c1. The molecule has 21 heavy (non-hydrogen) atoms. The molecule has 1 unspecified atom stereocenters. The van der Waals surface area contributed by atoms with Crippen LogP contribution in [0.2, 0.25) is 0 Å². The molecule has 0 spiro atoms. The van der Waals surface area contributed by atoms with Crippen molar-refractivity contribution in [3.05, 3.63) is 34.9 Å². The van der Waals surface area contributed by atoms with Crippen molar-refractivity contribution in [2.45, 2.75) is 32.7 Å². The highest BCUT2D eigenvalue weighted by Crippen LogP contribution is 2.29. The number of aryl methyl sites for hydroxylation is 2. The lowest BCUT2D eigenvalue weighted by atomic mass is 9.97. The maximum atomic E-state index is 3.46. The molecule has 2 fully saturated rings. The van der Waals surface area contributed by atoms with Crippen molar-refractivity contribution in [2.75, 3.05) is 45.8 Å². The van der Waals surface area contributed by atoms with Crippen LogP contribution in [0.1, 0.15) is 35.6 Å². The third-order valence-electron chi connectivity index (χ3n) is 5.01. The van der Waals surface area contributed by atoms with Gasteiger partial charge in [0.1, 0.15) is 0 Å². The molecule has 1 atom stereocenters. The number of hydrogen-bond donors (Lipinski definition) is 1. The van der Waals surface area contributed by atoms with Crippen LogP contribution in [0, 0.1) is 13.8 Å². The Balaban J connectivity index is 1.80. The normalized spacial score (nSPS) is 22.6. The number of nitrogens with one attached hydrogen (secondary N) is 1. The van der Waals surface area contributed by atoms with Crippen LogP contribution >= 0.6 is 0 Å². The van der Waals surface area contributed by atoms with Gasteiger partial charge in [-0.2, -0.15) is 0 Å². The maximum absolute atomic E-state index is 3.46. The van der Waals surface area contributed by atoms with E-state index in [1.54, 1.807) is 5.56 Å². The number of rotatable bonds is 4. The van der Waals surface area contributed by atoms with Gasteiger partial charge in [0.05, 0.1) is 0 Å². The first-order valence-electron chi connectivity index (χ1n) is 8.48. The predicted molar refractivity (Wildman–Crippen MR) is 88.8 cm³/mol. The molecule has 1 aromatic carbocycles. The largest absolute Gasteiger partial charge is 0.314 e. The average molecular weight is 287 g/mol. The van der Waals surface area contributed by atoms with Gasteiger partial charge in [-0.3, -0.25) is 9.80 Å². The number of nitrogens with zero attached hydrogens (tertiary/aromatic N) is 2. The second-order valence-corrected chi connectivity index (χ2v) is 6.67. The first-order valence-corrected chi connectivity index (χ1v) is 8.48. The molecule has 0 radical (unpaired) electrons. The molecule has 2 aliphatic rings. The standard InChI is InChI=1S/C18H29N3/c1-15-5-6-17(16(2)13-15)18(21-9-3-4-10-21)14-20-11-7-19-8-12-20/h5-6,13,18-19H,3-4,7-12,14H2,1-2H3. The third-order valence-corrected chi connectivity index (χ3v) is 5.01. The Hall–Kier alpha value is -0.900. The molecule has 0 aliphatic carbocycles. The molecule has 1 N–H and O–H groups in total. The Morgan fingerprint density at radius 3 is 2.43 bits per heavy atom. The topological polar surface area (TPSA) is 18.5 Å². The third kappa shape index (κ3) is 3.65. The minimum Gasteiger partial charge on any atom is -0.314 e. The lowest BCUT2D eigenvalue weighted by Gasteiger charge is -2.36. The molecule has 116 valence electrons. The van der Waals surface area contributed by atoms with Crippen molar-refractivity contribution in [1.29, 1.82) is 0 Å². The van der Waals surface area contributed by atoms with E-state index in [1.807, 2.05) is 0 Å². The van der Waals surface area contributed by atoms with E-state index in [2.05, 4.69) is 47.2 Å². The van der Waals surface area contributed by atoms with Crippen LogP contribution in [0.4, 0.5) is 0 Å². The summed E-state index contributed by atoms with van der Waals surface area (Å²) in [6.45, 7) is 12.9. The molecule has 0 saturated carbocycles. The average Bonchev–Trinajstić information content (AvgIpc) is 3.00. The molecule has 2 saturated heterocycles. The lowest BCUT2D eigenvalue weighted by Crippen LogP contribution is -2.47. The number of piperazine rings is 1. The fraction of sp³-hybridized carbons (Fsp3) is 0.667. The number of benzene rings is 1. The van der Waals surface area contributed by atoms with E-state index in [1.165, 1.54) is 56.7 Å². The van der Waals surface area contributed by atoms with Crippen LogP contribution < -0.4 is 5.32 Å². The minimum absolute atomic E-state index is 0.575. The quantitative estimate of drug-likeness (QED) is 0.917. The summed E-state index contributed by atoms with van der Waals surface area (Å²) in [5.74, 6) is 0. The highest BCUT2D eigenvalue weighted by Gasteiger charge is 2.27. The fourth-order valence-electron chi connectivity index (χ4n) is 3.80. The summed E-state index contributed by atoms with van der Waals surface area (Å²) in [6, 6.07) is 7.57. The summed E-state index contributed by atoms with van der Waals surface area (Å²) < 4.78 is 0. The molecule has 0 amide bonds. The lowest BCUT2D eigenvalue weighted by molar-refractivity contribution is 0.149. The zero-order valence-electron chi connectivity index (χ0n) is 13.6. The summed E-state index contributed by atoms with van der Waals surface area (Å²) in [5, 5.41) is 3.46. The van der Waals surface area contributed by atoms with Crippen molar-refractivity contribution in [1.82, 2.24) is 15.1 Å². The van der Waals surface area contributed by atoms with Gasteiger partial charge in [-0.05, 0) is 50.9 Å². The van der Waals surface area contributed by atoms with Crippen LogP contribution in [0.15, 0.2) is 18.2 Å². The van der Waals surface area contributed by atoms with Crippen molar-refractivity contribution in [3.63, 3.8) is 0 Å². The predicted octanol–water partition coefficient (Wildman–Crippen LogP) is 2.35. The van der Waals surface area contributed by atoms with Gasteiger partial charge in [0.15, 0.2) is 0 Å². The highest BCUT2D eigenvalue weighted by atomic mass is 15.2. The van der Waals surface area contributed by atoms with Crippen LogP contribution in [-0.4, -0.2) is 55.6 Å². The monoisotopic (exact) mass is 287 g/mol. The first kappa shape index (κ1) is 15.0. The van der Waals surface area contributed by atoms with E-state index in [9.17, 15) is 0 Å². The summed E-state index contributed by atoms with van der Waals surface area (Å²) in [7, 11) is 0. The highest BCUT2D eigenvalue weighted by molar-refractivity contribution is 5.33. The van der Waals surface area contributed by atoms with Gasteiger partial charge in [-0.1, -0.05) is 23.8 Å². The molecule has 3 nitrogen and oxygen atoms in total. The van der Waals surface area contributed by atoms with Gasteiger partial charge in [-0.15, -0.1) is 0 Å². The van der Waals surface area contributed by atoms with Crippen LogP contribution in [0.5, 0.6) is 0 Å². The van der Waals surface area contributed by atoms with E-state index >= 15 is 0 Å². The Morgan fingerprint density at radius 1 is 1.05 bits per heavy atom. The number of likely N-dealkylation sites (tertiary alicyclic amines) is 1. The van der Waals surface area contributed by atoms with Crippen molar-refractivity contribution >= 4 is 0 Å². The molecule has 3 heteroatoms. The van der Waals surface area contributed by atoms with Gasteiger partial charge >= 0.3 is 0 Å². The van der Waals surface area contributed by atoms with Gasteiger partial charge in [0.25, 0.3) is 0 Å². The zero-order chi connectivity index (χ0) is 14.7. The summed E-state index contributed by atoms with van der Waals surface area (Å²) in [6.07, 6.45) is 2.73. The van der Waals surface area contributed by atoms with Gasteiger partial charge in [0.2, 0.25) is 0 Å². The van der Waals surface area contributed by atoms with Gasteiger partial charge in [0, 0.05) is 38.8 Å². The van der Waals surface area contributed by atoms with E-state index in [0.717, 1.165) is 13.1 Å². The Morgan fingerprint density at radius 2 is 1.76 bits per heavy atom. The van der Waals surface area contributed by atoms with Crippen LogP contribution in [0.3, 0.4) is 0 Å². The first-order chi connectivity index (χ1) is 10.2. The van der Waals surface area contributed by atoms with E-state index < -0.39 is 0 Å². The molecule has 1 aromatic rings. The summed E-state index contributed by atoms with van der Waals surface area (Å²) >= 11 is 0. The van der Waals surface area contributed by atoms with E-state index in [-0.39, 0.29) is 0 Å². The van der Waals surface area contributed by atoms with Gasteiger partial charge in [-0.25, -0.2) is 0 Å². The maximum Gasteiger partial charge on any atom is 0.0477 e. The smallest absolute Gasteiger partial charge is 0.0477 e. The number of hydrogen-bond acceptors (Lipinski definition) is 3. The Labute approximate surface area is 129 Å². The zero-order valence-corrected chi connectivity index (χ0v) is 13.6. The summed E-state index contributed by atoms with van der Waals surface area (Å²) in [4.78, 5) is 5.35. The van der Waals surface area contributed by atoms with E-state index in [4.69, 9.17) is 0 Å². The molecule has 2 heterocycles. The van der Waals surface area contributed by atoms with Crippen molar-refractivity contribution < 1.29 is 0 Å². The molecular formula is C18H29N3. The van der Waals surface area contributed by atoms with E-state index in [0.29, 0.717) is 6.04 Å². The second kappa shape index (κ2) is 6.91. The molecule has 0 aromatic heterocycles. The molecule has 2 aliphatic heterocycles. The second-order valence-electron chi connectivity index (χ2n) is 6.67. The van der Waals surface area contributed by atoms with Gasteiger partial charge < -0.3 is 5.32 Å². The van der Waals surface area contributed by atoms with Crippen molar-refractivity contribution in [3.8, 4) is 0 Å². The van der Waals surface area contributed by atoms with Crippen LogP contribution in [-0.2, 0) is 0 Å². The van der Waals surface area contributed by atoms with Crippen LogP contribution in [0.25, 0.3) is 0 Å². The fourth-order valence-corrected chi connectivity index (χ4v) is 3.80. The molecule has 0 bridgehead atoms. The molecule has 3 rings (SSSR count). The molecular weight excluding hydrogens is 258 g/mol. The Kier molecular flexibility index (Phi) is 4.94. The van der Waals surface area contributed by atoms with Crippen molar-refractivity contribution in [2.24, 2.45) is 0 Å². The Bertz CT molecular complexity index is 460. The summed E-state index contributed by atoms with van der Waals surface area (Å²) in [5.41, 5.74) is 4.38. The minimum atomic E-state index is 0.575.